The minimum Gasteiger partial charge on any atom is -0.393 e. The Hall–Kier alpha value is -0.360. The summed E-state index contributed by atoms with van der Waals surface area (Å²) >= 11 is 0. The van der Waals surface area contributed by atoms with Crippen molar-refractivity contribution in [1.29, 1.82) is 0 Å². The summed E-state index contributed by atoms with van der Waals surface area (Å²) in [4.78, 5) is 0. The fourth-order valence-electron chi connectivity index (χ4n) is 0.600. The average molecular weight is 190 g/mol. The number of alkyl halides is 4. The van der Waals surface area contributed by atoms with Crippen molar-refractivity contribution in [2.75, 3.05) is 13.2 Å². The summed E-state index contributed by atoms with van der Waals surface area (Å²) in [5, 5.41) is 16.1. The van der Waals surface area contributed by atoms with Gasteiger partial charge in [0.25, 0.3) is 0 Å². The maximum atomic E-state index is 12.4. The summed E-state index contributed by atoms with van der Waals surface area (Å²) in [6, 6.07) is 0. The van der Waals surface area contributed by atoms with Gasteiger partial charge in [-0.05, 0) is 0 Å². The number of aliphatic hydroxyl groups excluding tert-OH is 2. The smallest absolute Gasteiger partial charge is 0.167 e. The fraction of sp³-hybridized carbons (Fsp3) is 1.00. The third kappa shape index (κ3) is 2.94. The molecule has 0 aliphatic rings. The standard InChI is InChI=1S/C6H10F4O2/c7-3(1-11)5(9)6(10)4(8)2-12/h3-6,11-12H,1-2H2. The fourth-order valence-corrected chi connectivity index (χ4v) is 0.600. The number of aliphatic hydroxyl groups is 2. The van der Waals surface area contributed by atoms with E-state index in [1.165, 1.54) is 0 Å². The molecule has 0 aromatic heterocycles. The molecule has 0 amide bonds. The normalized spacial score (nSPS) is 21.5. The predicted octanol–water partition coefficient (Wildman–Crippen LogP) is 0.323. The molecule has 0 radical (unpaired) electrons. The Morgan fingerprint density at radius 1 is 0.750 bits per heavy atom. The van der Waals surface area contributed by atoms with E-state index in [4.69, 9.17) is 10.2 Å². The van der Waals surface area contributed by atoms with E-state index < -0.39 is 37.9 Å². The van der Waals surface area contributed by atoms with E-state index in [0.717, 1.165) is 0 Å². The zero-order chi connectivity index (χ0) is 9.72. The molecule has 0 bridgehead atoms. The molecule has 0 heterocycles. The molecule has 2 nitrogen and oxygen atoms in total. The second-order valence-electron chi connectivity index (χ2n) is 2.29. The summed E-state index contributed by atoms with van der Waals surface area (Å²) in [6.45, 7) is -2.42. The van der Waals surface area contributed by atoms with Crippen LogP contribution in [0, 0.1) is 0 Å². The zero-order valence-electron chi connectivity index (χ0n) is 6.13. The van der Waals surface area contributed by atoms with Crippen LogP contribution in [0.5, 0.6) is 0 Å². The highest BCUT2D eigenvalue weighted by Crippen LogP contribution is 2.16. The summed E-state index contributed by atoms with van der Waals surface area (Å²) in [7, 11) is 0. The lowest BCUT2D eigenvalue weighted by Crippen LogP contribution is -2.38. The van der Waals surface area contributed by atoms with Crippen molar-refractivity contribution < 1.29 is 27.8 Å². The predicted molar refractivity (Wildman–Crippen MR) is 33.8 cm³/mol. The molecule has 0 saturated carbocycles. The van der Waals surface area contributed by atoms with Gasteiger partial charge in [0.05, 0.1) is 13.2 Å². The second-order valence-corrected chi connectivity index (χ2v) is 2.29. The van der Waals surface area contributed by atoms with Crippen molar-refractivity contribution in [2.24, 2.45) is 0 Å². The first-order chi connectivity index (χ1) is 5.54. The van der Waals surface area contributed by atoms with Crippen LogP contribution in [0.2, 0.25) is 0 Å². The first kappa shape index (κ1) is 11.6. The molecule has 0 aliphatic heterocycles. The molecule has 0 aromatic rings. The topological polar surface area (TPSA) is 40.5 Å². The molecule has 6 heteroatoms. The van der Waals surface area contributed by atoms with Gasteiger partial charge >= 0.3 is 0 Å². The van der Waals surface area contributed by atoms with Gasteiger partial charge in [-0.1, -0.05) is 0 Å². The van der Waals surface area contributed by atoms with Gasteiger partial charge in [-0.2, -0.15) is 0 Å². The Morgan fingerprint density at radius 3 is 1.17 bits per heavy atom. The third-order valence-electron chi connectivity index (χ3n) is 1.34. The molecule has 0 spiro atoms. The van der Waals surface area contributed by atoms with Crippen LogP contribution in [0.15, 0.2) is 0 Å². The third-order valence-corrected chi connectivity index (χ3v) is 1.34. The van der Waals surface area contributed by atoms with Crippen molar-refractivity contribution in [3.8, 4) is 0 Å². The van der Waals surface area contributed by atoms with Crippen molar-refractivity contribution in [1.82, 2.24) is 0 Å². The Bertz CT molecular complexity index is 110. The molecule has 0 fully saturated rings. The first-order valence-electron chi connectivity index (χ1n) is 3.32. The molecular weight excluding hydrogens is 180 g/mol. The first-order valence-corrected chi connectivity index (χ1v) is 3.32. The minimum absolute atomic E-state index is 1.21. The summed E-state index contributed by atoms with van der Waals surface area (Å²) < 4.78 is 49.1. The highest BCUT2D eigenvalue weighted by atomic mass is 19.2. The van der Waals surface area contributed by atoms with Crippen molar-refractivity contribution in [3.05, 3.63) is 0 Å². The van der Waals surface area contributed by atoms with Crippen molar-refractivity contribution >= 4 is 0 Å². The summed E-state index contributed by atoms with van der Waals surface area (Å²) in [5.74, 6) is 0. The quantitative estimate of drug-likeness (QED) is 0.613. The van der Waals surface area contributed by atoms with E-state index >= 15 is 0 Å². The Morgan fingerprint density at radius 2 is 1.00 bits per heavy atom. The number of halogens is 4. The lowest BCUT2D eigenvalue weighted by molar-refractivity contribution is -0.00425. The van der Waals surface area contributed by atoms with Crippen LogP contribution in [-0.4, -0.2) is 48.1 Å². The van der Waals surface area contributed by atoms with Crippen molar-refractivity contribution in [3.63, 3.8) is 0 Å². The van der Waals surface area contributed by atoms with Gasteiger partial charge < -0.3 is 10.2 Å². The van der Waals surface area contributed by atoms with Gasteiger partial charge in [-0.3, -0.25) is 0 Å². The van der Waals surface area contributed by atoms with Gasteiger partial charge in [-0.25, -0.2) is 17.6 Å². The van der Waals surface area contributed by atoms with E-state index in [1.807, 2.05) is 0 Å². The van der Waals surface area contributed by atoms with Gasteiger partial charge in [-0.15, -0.1) is 0 Å². The van der Waals surface area contributed by atoms with Crippen LogP contribution in [0.3, 0.4) is 0 Å². The molecule has 4 unspecified atom stereocenters. The lowest BCUT2D eigenvalue weighted by Gasteiger charge is -2.17. The molecule has 0 aliphatic carbocycles. The van der Waals surface area contributed by atoms with Crippen LogP contribution in [0.25, 0.3) is 0 Å². The largest absolute Gasteiger partial charge is 0.393 e. The molecule has 74 valence electrons. The molecule has 0 saturated heterocycles. The van der Waals surface area contributed by atoms with E-state index in [1.54, 1.807) is 0 Å². The molecular formula is C6H10F4O2. The van der Waals surface area contributed by atoms with Crippen LogP contribution in [0.4, 0.5) is 17.6 Å². The lowest BCUT2D eigenvalue weighted by atomic mass is 10.1. The van der Waals surface area contributed by atoms with E-state index in [-0.39, 0.29) is 0 Å². The highest BCUT2D eigenvalue weighted by molar-refractivity contribution is 4.81. The molecule has 12 heavy (non-hydrogen) atoms. The average Bonchev–Trinajstić information content (AvgIpc) is 2.12. The van der Waals surface area contributed by atoms with Gasteiger partial charge in [0, 0.05) is 0 Å². The number of hydrogen-bond donors (Lipinski definition) is 2. The maximum Gasteiger partial charge on any atom is 0.167 e. The minimum atomic E-state index is -2.74. The zero-order valence-corrected chi connectivity index (χ0v) is 6.13. The maximum absolute atomic E-state index is 12.4. The van der Waals surface area contributed by atoms with Gasteiger partial charge in [0.15, 0.2) is 24.7 Å². The van der Waals surface area contributed by atoms with Crippen LogP contribution in [0.1, 0.15) is 0 Å². The SMILES string of the molecule is OCC(F)C(F)C(F)C(F)CO. The van der Waals surface area contributed by atoms with Crippen molar-refractivity contribution in [2.45, 2.75) is 24.7 Å². The summed E-state index contributed by atoms with van der Waals surface area (Å²) in [6.07, 6.45) is -10.4. The van der Waals surface area contributed by atoms with E-state index in [9.17, 15) is 17.6 Å². The Kier molecular flexibility index (Phi) is 5.16. The Labute approximate surface area is 66.8 Å². The highest BCUT2D eigenvalue weighted by Gasteiger charge is 2.35. The van der Waals surface area contributed by atoms with Crippen LogP contribution in [-0.2, 0) is 0 Å². The van der Waals surface area contributed by atoms with Gasteiger partial charge in [0.1, 0.15) is 0 Å². The van der Waals surface area contributed by atoms with E-state index in [0.29, 0.717) is 0 Å². The summed E-state index contributed by atoms with van der Waals surface area (Å²) in [5.41, 5.74) is 0. The number of hydrogen-bond acceptors (Lipinski definition) is 2. The van der Waals surface area contributed by atoms with Gasteiger partial charge in [0.2, 0.25) is 0 Å². The molecule has 4 atom stereocenters. The number of rotatable bonds is 5. The Balaban J connectivity index is 3.99. The van der Waals surface area contributed by atoms with Crippen LogP contribution < -0.4 is 0 Å². The monoisotopic (exact) mass is 190 g/mol. The van der Waals surface area contributed by atoms with E-state index in [2.05, 4.69) is 0 Å². The molecule has 2 N–H and O–H groups in total. The van der Waals surface area contributed by atoms with Crippen LogP contribution >= 0.6 is 0 Å². The molecule has 0 rings (SSSR count). The molecule has 0 aromatic carbocycles. The second kappa shape index (κ2) is 5.31.